The Morgan fingerprint density at radius 3 is 2.00 bits per heavy atom. The molecule has 0 bridgehead atoms. The van der Waals surface area contributed by atoms with Crippen LogP contribution in [0.4, 0.5) is 5.69 Å². The predicted octanol–water partition coefficient (Wildman–Crippen LogP) is 6.21. The summed E-state index contributed by atoms with van der Waals surface area (Å²) in [6, 6.07) is 26.5. The number of unbranched alkanes of at least 4 members (excludes halogenated alkanes) is 2. The highest BCUT2D eigenvalue weighted by molar-refractivity contribution is 6.03. The average molecular weight is 430 g/mol. The molecule has 2 atom stereocenters. The van der Waals surface area contributed by atoms with Crippen LogP contribution in [-0.2, 0) is 11.2 Å². The molecule has 32 heavy (non-hydrogen) atoms. The van der Waals surface area contributed by atoms with Gasteiger partial charge in [-0.2, -0.15) is 0 Å². The second kappa shape index (κ2) is 10.4. The quantitative estimate of drug-likeness (QED) is 0.284. The fourth-order valence-corrected chi connectivity index (χ4v) is 4.56. The third-order valence-electron chi connectivity index (χ3n) is 6.35. The van der Waals surface area contributed by atoms with Gasteiger partial charge >= 0.3 is 0 Å². The van der Waals surface area contributed by atoms with Crippen LogP contribution >= 0.6 is 0 Å². The van der Waals surface area contributed by atoms with E-state index in [0.717, 1.165) is 54.9 Å². The minimum Gasteiger partial charge on any atom is -0.497 e. The van der Waals surface area contributed by atoms with Crippen LogP contribution in [0.2, 0.25) is 0 Å². The molecule has 1 aliphatic heterocycles. The van der Waals surface area contributed by atoms with E-state index in [4.69, 9.17) is 9.47 Å². The van der Waals surface area contributed by atoms with Crippen LogP contribution < -0.4 is 14.4 Å². The van der Waals surface area contributed by atoms with Crippen molar-refractivity contribution in [2.24, 2.45) is 5.92 Å². The van der Waals surface area contributed by atoms with Gasteiger partial charge in [0.05, 0.1) is 26.2 Å². The number of ether oxygens (including phenoxy) is 2. The lowest BCUT2D eigenvalue weighted by Crippen LogP contribution is -2.55. The maximum atomic E-state index is 13.2. The lowest BCUT2D eigenvalue weighted by Gasteiger charge is -2.47. The molecule has 4 rings (SSSR count). The molecule has 0 spiro atoms. The second-order valence-corrected chi connectivity index (χ2v) is 8.32. The van der Waals surface area contributed by atoms with Crippen molar-refractivity contribution in [1.82, 2.24) is 0 Å². The van der Waals surface area contributed by atoms with Crippen molar-refractivity contribution in [1.29, 1.82) is 0 Å². The number of β-lactam (4-membered cyclic amide) rings is 1. The highest BCUT2D eigenvalue weighted by atomic mass is 16.5. The summed E-state index contributed by atoms with van der Waals surface area (Å²) in [7, 11) is 3.32. The zero-order chi connectivity index (χ0) is 22.3. The number of amides is 1. The Morgan fingerprint density at radius 1 is 0.750 bits per heavy atom. The van der Waals surface area contributed by atoms with E-state index in [1.54, 1.807) is 14.2 Å². The predicted molar refractivity (Wildman–Crippen MR) is 128 cm³/mol. The van der Waals surface area contributed by atoms with Crippen LogP contribution in [0.25, 0.3) is 0 Å². The van der Waals surface area contributed by atoms with Gasteiger partial charge in [-0.05, 0) is 66.8 Å². The Labute approximate surface area is 190 Å². The van der Waals surface area contributed by atoms with Crippen molar-refractivity contribution in [2.45, 2.75) is 38.1 Å². The van der Waals surface area contributed by atoms with Crippen LogP contribution in [-0.4, -0.2) is 20.1 Å². The van der Waals surface area contributed by atoms with Crippen LogP contribution in [0.3, 0.4) is 0 Å². The summed E-state index contributed by atoms with van der Waals surface area (Å²) in [6.07, 6.45) is 5.36. The number of methoxy groups -OCH3 is 2. The maximum Gasteiger partial charge on any atom is 0.233 e. The van der Waals surface area contributed by atoms with E-state index in [9.17, 15) is 4.79 Å². The summed E-state index contributed by atoms with van der Waals surface area (Å²) in [6.45, 7) is 0. The van der Waals surface area contributed by atoms with Crippen molar-refractivity contribution in [3.63, 3.8) is 0 Å². The fourth-order valence-electron chi connectivity index (χ4n) is 4.56. The monoisotopic (exact) mass is 429 g/mol. The van der Waals surface area contributed by atoms with E-state index in [1.165, 1.54) is 5.56 Å². The first-order chi connectivity index (χ1) is 15.7. The zero-order valence-corrected chi connectivity index (χ0v) is 18.9. The molecule has 0 saturated carbocycles. The van der Waals surface area contributed by atoms with Gasteiger partial charge in [-0.3, -0.25) is 4.79 Å². The van der Waals surface area contributed by atoms with E-state index in [2.05, 4.69) is 42.5 Å². The minimum atomic E-state index is 0.0159. The molecular weight excluding hydrogens is 398 g/mol. The van der Waals surface area contributed by atoms with Crippen LogP contribution in [0, 0.1) is 5.92 Å². The number of hydrogen-bond acceptors (Lipinski definition) is 3. The van der Waals surface area contributed by atoms with E-state index in [-0.39, 0.29) is 17.9 Å². The van der Waals surface area contributed by atoms with E-state index in [0.29, 0.717) is 0 Å². The third kappa shape index (κ3) is 4.80. The zero-order valence-electron chi connectivity index (χ0n) is 18.9. The summed E-state index contributed by atoms with van der Waals surface area (Å²) in [5.74, 6) is 1.84. The Balaban J connectivity index is 1.43. The van der Waals surface area contributed by atoms with Crippen molar-refractivity contribution < 1.29 is 14.3 Å². The normalized spacial score (nSPS) is 17.7. The van der Waals surface area contributed by atoms with Gasteiger partial charge in [-0.1, -0.05) is 55.3 Å². The molecule has 0 aliphatic carbocycles. The second-order valence-electron chi connectivity index (χ2n) is 8.32. The summed E-state index contributed by atoms with van der Waals surface area (Å²) in [4.78, 5) is 15.1. The Hall–Kier alpha value is -3.27. The molecule has 4 heteroatoms. The number of hydrogen-bond donors (Lipinski definition) is 0. The molecule has 4 nitrogen and oxygen atoms in total. The standard InChI is InChI=1S/C28H31NO3/c1-31-24-17-13-22(14-18-24)27-26(12-8-4-7-11-21-9-5-3-6-10-21)28(30)29(27)23-15-19-25(32-2)20-16-23/h3,5-6,9-10,13-20,26-27H,4,7-8,11-12H2,1-2H3/t26-,27+/m1/s1. The maximum absolute atomic E-state index is 13.2. The van der Waals surface area contributed by atoms with Crippen molar-refractivity contribution in [2.75, 3.05) is 19.1 Å². The summed E-state index contributed by atoms with van der Waals surface area (Å²) in [5, 5.41) is 0. The molecule has 166 valence electrons. The average Bonchev–Trinajstić information content (AvgIpc) is 2.85. The van der Waals surface area contributed by atoms with Gasteiger partial charge in [0.15, 0.2) is 0 Å². The van der Waals surface area contributed by atoms with Gasteiger partial charge in [0.2, 0.25) is 5.91 Å². The number of anilines is 1. The van der Waals surface area contributed by atoms with E-state index in [1.807, 2.05) is 41.3 Å². The number of carbonyl (C=O) groups excluding carboxylic acids is 1. The highest BCUT2D eigenvalue weighted by Gasteiger charge is 2.48. The van der Waals surface area contributed by atoms with E-state index >= 15 is 0 Å². The first kappa shape index (κ1) is 21.9. The highest BCUT2D eigenvalue weighted by Crippen LogP contribution is 2.46. The number of rotatable bonds is 10. The van der Waals surface area contributed by atoms with Gasteiger partial charge in [0.25, 0.3) is 0 Å². The fraction of sp³-hybridized carbons (Fsp3) is 0.321. The van der Waals surface area contributed by atoms with Crippen molar-refractivity contribution in [3.8, 4) is 11.5 Å². The van der Waals surface area contributed by atoms with Crippen LogP contribution in [0.1, 0.15) is 42.9 Å². The van der Waals surface area contributed by atoms with Gasteiger partial charge in [-0.25, -0.2) is 0 Å². The molecule has 0 radical (unpaired) electrons. The smallest absolute Gasteiger partial charge is 0.233 e. The Morgan fingerprint density at radius 2 is 1.38 bits per heavy atom. The molecule has 1 saturated heterocycles. The number of carbonyl (C=O) groups is 1. The molecule has 3 aromatic carbocycles. The van der Waals surface area contributed by atoms with Gasteiger partial charge in [0.1, 0.15) is 11.5 Å². The largest absolute Gasteiger partial charge is 0.497 e. The molecule has 0 aromatic heterocycles. The third-order valence-corrected chi connectivity index (χ3v) is 6.35. The van der Waals surface area contributed by atoms with Crippen molar-refractivity contribution >= 4 is 11.6 Å². The van der Waals surface area contributed by atoms with E-state index < -0.39 is 0 Å². The number of nitrogens with zero attached hydrogens (tertiary/aromatic N) is 1. The SMILES string of the molecule is COc1ccc([C@H]2[C@@H](CCCCCc3ccccc3)C(=O)N2c2ccc(OC)cc2)cc1. The van der Waals surface area contributed by atoms with Crippen molar-refractivity contribution in [3.05, 3.63) is 90.0 Å². The first-order valence-electron chi connectivity index (χ1n) is 11.4. The summed E-state index contributed by atoms with van der Waals surface area (Å²) >= 11 is 0. The molecule has 1 heterocycles. The van der Waals surface area contributed by atoms with Gasteiger partial charge in [-0.15, -0.1) is 0 Å². The molecule has 1 amide bonds. The molecular formula is C28H31NO3. The molecule has 1 aliphatic rings. The van der Waals surface area contributed by atoms with Gasteiger partial charge in [0, 0.05) is 5.69 Å². The summed E-state index contributed by atoms with van der Waals surface area (Å²) < 4.78 is 10.6. The summed E-state index contributed by atoms with van der Waals surface area (Å²) in [5.41, 5.74) is 3.45. The first-order valence-corrected chi connectivity index (χ1v) is 11.4. The number of benzene rings is 3. The topological polar surface area (TPSA) is 38.8 Å². The van der Waals surface area contributed by atoms with Crippen LogP contribution in [0.5, 0.6) is 11.5 Å². The molecule has 0 N–H and O–H groups in total. The van der Waals surface area contributed by atoms with Gasteiger partial charge < -0.3 is 14.4 Å². The molecule has 0 unspecified atom stereocenters. The Bertz CT molecular complexity index is 999. The van der Waals surface area contributed by atoms with Crippen LogP contribution in [0.15, 0.2) is 78.9 Å². The minimum absolute atomic E-state index is 0.0159. The molecule has 3 aromatic rings. The Kier molecular flexibility index (Phi) is 7.10. The lowest BCUT2D eigenvalue weighted by molar-refractivity contribution is -0.130. The molecule has 1 fully saturated rings. The lowest BCUT2D eigenvalue weighted by atomic mass is 9.78. The number of aryl methyl sites for hydroxylation is 1.